The van der Waals surface area contributed by atoms with Crippen molar-refractivity contribution in [2.75, 3.05) is 19.6 Å². The van der Waals surface area contributed by atoms with Crippen LogP contribution in [0.4, 0.5) is 13.2 Å². The van der Waals surface area contributed by atoms with Gasteiger partial charge in [0.25, 0.3) is 5.91 Å². The van der Waals surface area contributed by atoms with Crippen LogP contribution < -0.4 is 15.4 Å². The molecule has 1 amide bonds. The molecule has 0 saturated carbocycles. The number of carbonyl (C=O) groups is 1. The molecule has 0 heterocycles. The van der Waals surface area contributed by atoms with Crippen molar-refractivity contribution in [1.82, 2.24) is 10.6 Å². The molecule has 0 atom stereocenters. The summed E-state index contributed by atoms with van der Waals surface area (Å²) in [6.45, 7) is 3.84. The number of halogens is 3. The number of hydrogen-bond acceptors (Lipinski definition) is 3. The van der Waals surface area contributed by atoms with Crippen LogP contribution >= 0.6 is 0 Å². The van der Waals surface area contributed by atoms with E-state index in [1.165, 1.54) is 12.1 Å². The fourth-order valence-corrected chi connectivity index (χ4v) is 1.35. The van der Waals surface area contributed by atoms with Gasteiger partial charge in [-0.25, -0.2) is 0 Å². The Morgan fingerprint density at radius 2 is 1.84 bits per heavy atom. The van der Waals surface area contributed by atoms with Crippen molar-refractivity contribution in [3.63, 3.8) is 0 Å². The maximum Gasteiger partial charge on any atom is 0.573 e. The lowest BCUT2D eigenvalue weighted by molar-refractivity contribution is -0.274. The zero-order chi connectivity index (χ0) is 14.3. The molecule has 7 heteroatoms. The minimum absolute atomic E-state index is 0.283. The van der Waals surface area contributed by atoms with E-state index in [2.05, 4.69) is 15.4 Å². The molecular formula is C12H15F3N2O2. The molecule has 0 bridgehead atoms. The number of rotatable bonds is 6. The Kier molecular flexibility index (Phi) is 5.62. The molecule has 1 rings (SSSR count). The zero-order valence-corrected chi connectivity index (χ0v) is 10.4. The van der Waals surface area contributed by atoms with E-state index in [0.29, 0.717) is 13.1 Å². The number of likely N-dealkylation sites (N-methyl/N-ethyl adjacent to an activating group) is 1. The van der Waals surface area contributed by atoms with Gasteiger partial charge in [0.1, 0.15) is 5.75 Å². The third-order valence-corrected chi connectivity index (χ3v) is 2.19. The Morgan fingerprint density at radius 3 is 2.37 bits per heavy atom. The highest BCUT2D eigenvalue weighted by atomic mass is 19.4. The van der Waals surface area contributed by atoms with Crippen LogP contribution in [0.15, 0.2) is 24.3 Å². The van der Waals surface area contributed by atoms with Crippen molar-refractivity contribution < 1.29 is 22.7 Å². The van der Waals surface area contributed by atoms with Crippen LogP contribution in [-0.4, -0.2) is 31.9 Å². The van der Waals surface area contributed by atoms with Crippen LogP contribution in [0, 0.1) is 0 Å². The molecule has 4 nitrogen and oxygen atoms in total. The summed E-state index contributed by atoms with van der Waals surface area (Å²) < 4.78 is 39.5. The van der Waals surface area contributed by atoms with Crippen LogP contribution in [0.2, 0.25) is 0 Å². The number of nitrogens with one attached hydrogen (secondary N) is 2. The van der Waals surface area contributed by atoms with Crippen molar-refractivity contribution in [2.45, 2.75) is 13.3 Å². The molecule has 1 aromatic rings. The lowest BCUT2D eigenvalue weighted by Gasteiger charge is -2.09. The first-order chi connectivity index (χ1) is 8.92. The first-order valence-corrected chi connectivity index (χ1v) is 5.77. The Balaban J connectivity index is 2.49. The molecule has 0 saturated heterocycles. The highest BCUT2D eigenvalue weighted by molar-refractivity contribution is 5.94. The summed E-state index contributed by atoms with van der Waals surface area (Å²) in [5.41, 5.74) is 0.283. The van der Waals surface area contributed by atoms with Crippen molar-refractivity contribution in [2.24, 2.45) is 0 Å². The second-order valence-electron chi connectivity index (χ2n) is 3.68. The molecular weight excluding hydrogens is 261 g/mol. The van der Waals surface area contributed by atoms with Crippen molar-refractivity contribution in [1.29, 1.82) is 0 Å². The molecule has 19 heavy (non-hydrogen) atoms. The van der Waals surface area contributed by atoms with Crippen molar-refractivity contribution >= 4 is 5.91 Å². The fraction of sp³-hybridized carbons (Fsp3) is 0.417. The van der Waals surface area contributed by atoms with Gasteiger partial charge in [-0.2, -0.15) is 0 Å². The minimum atomic E-state index is -4.73. The molecule has 106 valence electrons. The van der Waals surface area contributed by atoms with Crippen LogP contribution in [0.3, 0.4) is 0 Å². The van der Waals surface area contributed by atoms with E-state index in [1.54, 1.807) is 0 Å². The standard InChI is InChI=1S/C12H15F3N2O2/c1-2-16-7-8-17-11(18)9-3-5-10(6-4-9)19-12(13,14)15/h3-6,16H,2,7-8H2,1H3,(H,17,18). The smallest absolute Gasteiger partial charge is 0.406 e. The Labute approximate surface area is 108 Å². The third kappa shape index (κ3) is 6.10. The molecule has 0 aliphatic heterocycles. The first kappa shape index (κ1) is 15.3. The van der Waals surface area contributed by atoms with E-state index >= 15 is 0 Å². The number of amides is 1. The average Bonchev–Trinajstić information content (AvgIpc) is 2.33. The third-order valence-electron chi connectivity index (χ3n) is 2.19. The maximum absolute atomic E-state index is 11.9. The molecule has 2 N–H and O–H groups in total. The van der Waals surface area contributed by atoms with Gasteiger partial charge in [0.15, 0.2) is 0 Å². The van der Waals surface area contributed by atoms with Gasteiger partial charge in [-0.05, 0) is 30.8 Å². The number of carbonyl (C=O) groups excluding carboxylic acids is 1. The van der Waals surface area contributed by atoms with Gasteiger partial charge >= 0.3 is 6.36 Å². The van der Waals surface area contributed by atoms with Crippen LogP contribution in [0.5, 0.6) is 5.75 Å². The minimum Gasteiger partial charge on any atom is -0.406 e. The maximum atomic E-state index is 11.9. The summed E-state index contributed by atoms with van der Waals surface area (Å²) in [4.78, 5) is 11.6. The number of alkyl halides is 3. The van der Waals surface area contributed by atoms with Crippen LogP contribution in [-0.2, 0) is 0 Å². The van der Waals surface area contributed by atoms with E-state index in [1.807, 2.05) is 6.92 Å². The molecule has 1 aromatic carbocycles. The van der Waals surface area contributed by atoms with Crippen LogP contribution in [0.1, 0.15) is 17.3 Å². The summed E-state index contributed by atoms with van der Waals surface area (Å²) in [6, 6.07) is 4.77. The molecule has 0 radical (unpaired) electrons. The van der Waals surface area contributed by atoms with Gasteiger partial charge in [-0.3, -0.25) is 4.79 Å². The van der Waals surface area contributed by atoms with E-state index in [0.717, 1.165) is 18.7 Å². The van der Waals surface area contributed by atoms with E-state index in [-0.39, 0.29) is 17.2 Å². The summed E-state index contributed by atoms with van der Waals surface area (Å²) in [5.74, 6) is -0.687. The normalized spacial score (nSPS) is 11.2. The molecule has 0 spiro atoms. The van der Waals surface area contributed by atoms with Crippen LogP contribution in [0.25, 0.3) is 0 Å². The van der Waals surface area contributed by atoms with Gasteiger partial charge in [0.05, 0.1) is 0 Å². The quantitative estimate of drug-likeness (QED) is 0.781. The first-order valence-electron chi connectivity index (χ1n) is 5.77. The molecule has 0 fully saturated rings. The van der Waals surface area contributed by atoms with E-state index < -0.39 is 6.36 Å². The van der Waals surface area contributed by atoms with Gasteiger partial charge in [0, 0.05) is 18.7 Å². The summed E-state index contributed by atoms with van der Waals surface area (Å²) in [7, 11) is 0. The predicted octanol–water partition coefficient (Wildman–Crippen LogP) is 1.92. The number of ether oxygens (including phenoxy) is 1. The second-order valence-corrected chi connectivity index (χ2v) is 3.68. The zero-order valence-electron chi connectivity index (χ0n) is 10.4. The molecule has 0 unspecified atom stereocenters. The largest absolute Gasteiger partial charge is 0.573 e. The topological polar surface area (TPSA) is 50.4 Å². The predicted molar refractivity (Wildman–Crippen MR) is 64.0 cm³/mol. The highest BCUT2D eigenvalue weighted by Crippen LogP contribution is 2.22. The molecule has 0 aliphatic rings. The van der Waals surface area contributed by atoms with Crippen molar-refractivity contribution in [3.05, 3.63) is 29.8 Å². The Morgan fingerprint density at radius 1 is 1.21 bits per heavy atom. The van der Waals surface area contributed by atoms with Gasteiger partial charge < -0.3 is 15.4 Å². The van der Waals surface area contributed by atoms with Crippen molar-refractivity contribution in [3.8, 4) is 5.75 Å². The highest BCUT2D eigenvalue weighted by Gasteiger charge is 2.31. The summed E-state index contributed by atoms with van der Waals surface area (Å²) >= 11 is 0. The second kappa shape index (κ2) is 6.98. The number of hydrogen-bond donors (Lipinski definition) is 2. The Hall–Kier alpha value is -1.76. The van der Waals surface area contributed by atoms with Gasteiger partial charge in [0.2, 0.25) is 0 Å². The monoisotopic (exact) mass is 276 g/mol. The molecule has 0 aromatic heterocycles. The average molecular weight is 276 g/mol. The van der Waals surface area contributed by atoms with Gasteiger partial charge in [-0.1, -0.05) is 6.92 Å². The summed E-state index contributed by atoms with van der Waals surface area (Å²) in [6.07, 6.45) is -4.73. The lowest BCUT2D eigenvalue weighted by atomic mass is 10.2. The van der Waals surface area contributed by atoms with E-state index in [9.17, 15) is 18.0 Å². The van der Waals surface area contributed by atoms with E-state index in [4.69, 9.17) is 0 Å². The lowest BCUT2D eigenvalue weighted by Crippen LogP contribution is -2.31. The SMILES string of the molecule is CCNCCNC(=O)c1ccc(OC(F)(F)F)cc1. The Bertz CT molecular complexity index is 404. The van der Waals surface area contributed by atoms with Gasteiger partial charge in [-0.15, -0.1) is 13.2 Å². The summed E-state index contributed by atoms with van der Waals surface area (Å²) in [5, 5.41) is 5.67. The molecule has 0 aliphatic carbocycles. The number of benzene rings is 1. The fourth-order valence-electron chi connectivity index (χ4n) is 1.35.